The van der Waals surface area contributed by atoms with Gasteiger partial charge >= 0.3 is 0 Å². The molecule has 0 saturated heterocycles. The van der Waals surface area contributed by atoms with Crippen LogP contribution in [-0.2, 0) is 9.84 Å². The number of anilines is 1. The molecule has 0 saturated carbocycles. The van der Waals surface area contributed by atoms with Crippen LogP contribution in [0.2, 0.25) is 0 Å². The molecule has 1 aromatic heterocycles. The predicted molar refractivity (Wildman–Crippen MR) is 98.9 cm³/mol. The molecule has 25 heavy (non-hydrogen) atoms. The van der Waals surface area contributed by atoms with E-state index in [1.54, 1.807) is 12.1 Å². The monoisotopic (exact) mass is 375 g/mol. The lowest BCUT2D eigenvalue weighted by atomic mass is 10.2. The van der Waals surface area contributed by atoms with Crippen molar-refractivity contribution in [3.8, 4) is 17.1 Å². The molecule has 0 aliphatic heterocycles. The van der Waals surface area contributed by atoms with E-state index in [4.69, 9.17) is 4.74 Å². The normalized spacial score (nSPS) is 11.2. The van der Waals surface area contributed by atoms with Gasteiger partial charge in [0.2, 0.25) is 5.13 Å². The van der Waals surface area contributed by atoms with Gasteiger partial charge in [0.1, 0.15) is 12.4 Å². The van der Waals surface area contributed by atoms with Crippen LogP contribution < -0.4 is 10.1 Å². The van der Waals surface area contributed by atoms with Crippen molar-refractivity contribution in [1.82, 2.24) is 9.36 Å². The molecule has 8 heteroatoms. The van der Waals surface area contributed by atoms with Crippen molar-refractivity contribution in [1.29, 1.82) is 0 Å². The van der Waals surface area contributed by atoms with Gasteiger partial charge in [0.15, 0.2) is 15.7 Å². The summed E-state index contributed by atoms with van der Waals surface area (Å²) in [4.78, 5) is 4.72. The van der Waals surface area contributed by atoms with Crippen LogP contribution in [0.4, 0.5) is 5.13 Å². The van der Waals surface area contributed by atoms with Crippen molar-refractivity contribution in [3.05, 3.63) is 54.6 Å². The van der Waals surface area contributed by atoms with Gasteiger partial charge in [-0.3, -0.25) is 0 Å². The molecule has 0 amide bonds. The van der Waals surface area contributed by atoms with Crippen LogP contribution >= 0.6 is 11.5 Å². The summed E-state index contributed by atoms with van der Waals surface area (Å²) < 4.78 is 32.7. The predicted octanol–water partition coefficient (Wildman–Crippen LogP) is 3.10. The molecule has 3 rings (SSSR count). The number of benzene rings is 2. The maximum absolute atomic E-state index is 11.4. The van der Waals surface area contributed by atoms with Crippen molar-refractivity contribution in [2.75, 3.05) is 24.7 Å². The molecule has 0 spiro atoms. The van der Waals surface area contributed by atoms with Gasteiger partial charge in [-0.05, 0) is 24.3 Å². The summed E-state index contributed by atoms with van der Waals surface area (Å²) in [5.74, 6) is 1.32. The van der Waals surface area contributed by atoms with Crippen molar-refractivity contribution in [3.63, 3.8) is 0 Å². The van der Waals surface area contributed by atoms with Crippen molar-refractivity contribution >= 4 is 26.5 Å². The lowest BCUT2D eigenvalue weighted by molar-refractivity contribution is 0.332. The van der Waals surface area contributed by atoms with Gasteiger partial charge in [-0.1, -0.05) is 30.3 Å². The van der Waals surface area contributed by atoms with E-state index in [0.717, 1.165) is 10.7 Å². The average Bonchev–Trinajstić information content (AvgIpc) is 3.08. The Balaban J connectivity index is 1.48. The third kappa shape index (κ3) is 4.77. The zero-order valence-electron chi connectivity index (χ0n) is 13.5. The summed E-state index contributed by atoms with van der Waals surface area (Å²) in [6.45, 7) is 0.996. The first-order valence-corrected chi connectivity index (χ1v) is 10.2. The Hall–Kier alpha value is -2.45. The second-order valence-corrected chi connectivity index (χ2v) is 8.08. The Morgan fingerprint density at radius 2 is 1.80 bits per heavy atom. The van der Waals surface area contributed by atoms with Crippen LogP contribution in [0.5, 0.6) is 5.75 Å². The highest BCUT2D eigenvalue weighted by Crippen LogP contribution is 2.20. The second-order valence-electron chi connectivity index (χ2n) is 5.31. The van der Waals surface area contributed by atoms with Gasteiger partial charge in [0.25, 0.3) is 0 Å². The van der Waals surface area contributed by atoms with E-state index in [2.05, 4.69) is 14.7 Å². The van der Waals surface area contributed by atoms with Crippen LogP contribution in [0, 0.1) is 0 Å². The lowest BCUT2D eigenvalue weighted by Crippen LogP contribution is -2.11. The van der Waals surface area contributed by atoms with Crippen molar-refractivity contribution < 1.29 is 13.2 Å². The minimum Gasteiger partial charge on any atom is -0.492 e. The second kappa shape index (κ2) is 7.62. The van der Waals surface area contributed by atoms with E-state index >= 15 is 0 Å². The van der Waals surface area contributed by atoms with Crippen molar-refractivity contribution in [2.45, 2.75) is 4.90 Å². The highest BCUT2D eigenvalue weighted by molar-refractivity contribution is 7.90. The van der Waals surface area contributed by atoms with Gasteiger partial charge in [-0.15, -0.1) is 0 Å². The van der Waals surface area contributed by atoms with E-state index in [1.807, 2.05) is 30.3 Å². The summed E-state index contributed by atoms with van der Waals surface area (Å²) in [5.41, 5.74) is 0.981. The van der Waals surface area contributed by atoms with E-state index in [9.17, 15) is 8.42 Å². The van der Waals surface area contributed by atoms with E-state index < -0.39 is 9.84 Å². The average molecular weight is 375 g/mol. The highest BCUT2D eigenvalue weighted by atomic mass is 32.2. The highest BCUT2D eigenvalue weighted by Gasteiger charge is 2.07. The molecule has 2 aromatic carbocycles. The standard InChI is InChI=1S/C17H17N3O3S2/c1-25(21,22)15-9-7-14(8-10-15)23-12-11-18-17-19-16(20-24-17)13-5-3-2-4-6-13/h2-10H,11-12H2,1H3,(H,18,19,20). The summed E-state index contributed by atoms with van der Waals surface area (Å²) in [5, 5.41) is 3.90. The summed E-state index contributed by atoms with van der Waals surface area (Å²) in [6.07, 6.45) is 1.18. The molecule has 0 aliphatic rings. The molecule has 6 nitrogen and oxygen atoms in total. The number of aromatic nitrogens is 2. The third-order valence-electron chi connectivity index (χ3n) is 3.36. The largest absolute Gasteiger partial charge is 0.492 e. The molecular formula is C17H17N3O3S2. The fourth-order valence-electron chi connectivity index (χ4n) is 2.11. The molecule has 0 atom stereocenters. The van der Waals surface area contributed by atoms with E-state index in [1.165, 1.54) is 29.9 Å². The van der Waals surface area contributed by atoms with Crippen LogP contribution in [0.3, 0.4) is 0 Å². The smallest absolute Gasteiger partial charge is 0.203 e. The lowest BCUT2D eigenvalue weighted by Gasteiger charge is -2.07. The minimum absolute atomic E-state index is 0.278. The first-order chi connectivity index (χ1) is 12.0. The number of hydrogen-bond donors (Lipinski definition) is 1. The summed E-state index contributed by atoms with van der Waals surface area (Å²) >= 11 is 1.30. The van der Waals surface area contributed by atoms with Crippen LogP contribution in [0.25, 0.3) is 11.4 Å². The number of ether oxygens (including phenoxy) is 1. The van der Waals surface area contributed by atoms with Gasteiger partial charge < -0.3 is 10.1 Å². The molecule has 130 valence electrons. The maximum Gasteiger partial charge on any atom is 0.203 e. The SMILES string of the molecule is CS(=O)(=O)c1ccc(OCCNc2nc(-c3ccccc3)ns2)cc1. The summed E-state index contributed by atoms with van der Waals surface area (Å²) in [6, 6.07) is 16.2. The molecule has 3 aromatic rings. The van der Waals surface area contributed by atoms with Gasteiger partial charge in [-0.25, -0.2) is 8.42 Å². The Labute approximate surface area is 150 Å². The minimum atomic E-state index is -3.18. The molecule has 0 radical (unpaired) electrons. The third-order valence-corrected chi connectivity index (χ3v) is 5.16. The summed E-state index contributed by atoms with van der Waals surface area (Å²) in [7, 11) is -3.18. The quantitative estimate of drug-likeness (QED) is 0.639. The Morgan fingerprint density at radius 1 is 1.08 bits per heavy atom. The molecule has 1 heterocycles. The molecule has 1 N–H and O–H groups in total. The van der Waals surface area contributed by atoms with Gasteiger partial charge in [-0.2, -0.15) is 9.36 Å². The van der Waals surface area contributed by atoms with Gasteiger partial charge in [0.05, 0.1) is 11.4 Å². The maximum atomic E-state index is 11.4. The fourth-order valence-corrected chi connectivity index (χ4v) is 3.35. The van der Waals surface area contributed by atoms with Crippen molar-refractivity contribution in [2.24, 2.45) is 0 Å². The number of sulfone groups is 1. The van der Waals surface area contributed by atoms with Crippen LogP contribution in [0.1, 0.15) is 0 Å². The molecule has 0 aliphatic carbocycles. The zero-order chi connectivity index (χ0) is 17.7. The number of nitrogens with zero attached hydrogens (tertiary/aromatic N) is 2. The molecule has 0 fully saturated rings. The van der Waals surface area contributed by atoms with E-state index in [0.29, 0.717) is 24.7 Å². The van der Waals surface area contributed by atoms with E-state index in [-0.39, 0.29) is 4.90 Å². The first-order valence-electron chi connectivity index (χ1n) is 7.58. The zero-order valence-corrected chi connectivity index (χ0v) is 15.2. The van der Waals surface area contributed by atoms with Crippen LogP contribution in [0.15, 0.2) is 59.5 Å². The number of hydrogen-bond acceptors (Lipinski definition) is 7. The number of rotatable bonds is 7. The Bertz CT molecular complexity index is 923. The van der Waals surface area contributed by atoms with Crippen LogP contribution in [-0.4, -0.2) is 37.2 Å². The Morgan fingerprint density at radius 3 is 2.48 bits per heavy atom. The molecule has 0 bridgehead atoms. The molecular weight excluding hydrogens is 358 g/mol. The molecule has 0 unspecified atom stereocenters. The fraction of sp³-hybridized carbons (Fsp3) is 0.176. The first kappa shape index (κ1) is 17.4. The number of nitrogens with one attached hydrogen (secondary N) is 1. The Kier molecular flexibility index (Phi) is 5.30. The topological polar surface area (TPSA) is 81.2 Å². The van der Waals surface area contributed by atoms with Gasteiger partial charge in [0, 0.05) is 23.4 Å².